The molecule has 0 amide bonds. The Morgan fingerprint density at radius 1 is 1.38 bits per heavy atom. The molecule has 0 aliphatic carbocycles. The number of hydrogen-bond acceptors (Lipinski definition) is 3. The Morgan fingerprint density at radius 3 is 2.88 bits per heavy atom. The molecule has 2 aromatic rings. The summed E-state index contributed by atoms with van der Waals surface area (Å²) in [5, 5.41) is 1.97. The van der Waals surface area contributed by atoms with Crippen LogP contribution in [0.25, 0.3) is 0 Å². The van der Waals surface area contributed by atoms with Gasteiger partial charge in [-0.2, -0.15) is 0 Å². The lowest BCUT2D eigenvalue weighted by Gasteiger charge is -2.05. The van der Waals surface area contributed by atoms with Crippen LogP contribution >= 0.6 is 11.3 Å². The van der Waals surface area contributed by atoms with E-state index in [0.717, 1.165) is 10.4 Å². The summed E-state index contributed by atoms with van der Waals surface area (Å²) in [5.41, 5.74) is 8.06. The summed E-state index contributed by atoms with van der Waals surface area (Å²) in [6.07, 6.45) is 0.436. The maximum Gasteiger partial charge on any atom is 0.170 e. The van der Waals surface area contributed by atoms with Crippen LogP contribution in [0.3, 0.4) is 0 Å². The SMILES string of the molecule is Cc1ccc(N)c(C(=O)Cc2cccs2)c1. The molecule has 1 aromatic carbocycles. The van der Waals surface area contributed by atoms with Crippen molar-refractivity contribution >= 4 is 22.8 Å². The van der Waals surface area contributed by atoms with E-state index in [2.05, 4.69) is 0 Å². The molecule has 0 unspecified atom stereocenters. The molecule has 0 spiro atoms. The van der Waals surface area contributed by atoms with E-state index >= 15 is 0 Å². The molecule has 0 saturated carbocycles. The van der Waals surface area contributed by atoms with E-state index in [9.17, 15) is 4.79 Å². The second kappa shape index (κ2) is 4.49. The van der Waals surface area contributed by atoms with Crippen molar-refractivity contribution in [2.45, 2.75) is 13.3 Å². The topological polar surface area (TPSA) is 43.1 Å². The quantitative estimate of drug-likeness (QED) is 0.651. The second-order valence-corrected chi connectivity index (χ2v) is 4.80. The molecule has 82 valence electrons. The number of ketones is 1. The summed E-state index contributed by atoms with van der Waals surface area (Å²) in [4.78, 5) is 13.1. The van der Waals surface area contributed by atoms with Crippen molar-refractivity contribution in [3.8, 4) is 0 Å². The Bertz CT molecular complexity index is 503. The highest BCUT2D eigenvalue weighted by molar-refractivity contribution is 7.10. The molecule has 0 aliphatic heterocycles. The lowest BCUT2D eigenvalue weighted by Crippen LogP contribution is -2.06. The first kappa shape index (κ1) is 10.9. The molecular formula is C13H13NOS. The zero-order chi connectivity index (χ0) is 11.5. The molecule has 2 N–H and O–H groups in total. The van der Waals surface area contributed by atoms with Crippen LogP contribution in [0.1, 0.15) is 20.8 Å². The summed E-state index contributed by atoms with van der Waals surface area (Å²) in [7, 11) is 0. The number of nitrogens with two attached hydrogens (primary N) is 1. The van der Waals surface area contributed by atoms with Crippen LogP contribution in [0.5, 0.6) is 0 Å². The van der Waals surface area contributed by atoms with Gasteiger partial charge in [-0.1, -0.05) is 17.7 Å². The molecule has 16 heavy (non-hydrogen) atoms. The molecule has 1 aromatic heterocycles. The molecule has 0 radical (unpaired) electrons. The highest BCUT2D eigenvalue weighted by atomic mass is 32.1. The van der Waals surface area contributed by atoms with Gasteiger partial charge < -0.3 is 5.73 Å². The fourth-order valence-electron chi connectivity index (χ4n) is 1.58. The summed E-state index contributed by atoms with van der Waals surface area (Å²) in [6.45, 7) is 1.96. The fraction of sp³-hybridized carbons (Fsp3) is 0.154. The van der Waals surface area contributed by atoms with Crippen molar-refractivity contribution in [2.24, 2.45) is 0 Å². The summed E-state index contributed by atoms with van der Waals surface area (Å²) in [6, 6.07) is 9.47. The third kappa shape index (κ3) is 2.31. The van der Waals surface area contributed by atoms with Gasteiger partial charge in [-0.3, -0.25) is 4.79 Å². The molecule has 0 aliphatic rings. The van der Waals surface area contributed by atoms with Gasteiger partial charge >= 0.3 is 0 Å². The number of rotatable bonds is 3. The average Bonchev–Trinajstić information content (AvgIpc) is 2.74. The van der Waals surface area contributed by atoms with Gasteiger partial charge in [0.15, 0.2) is 5.78 Å². The molecule has 0 fully saturated rings. The van der Waals surface area contributed by atoms with Crippen molar-refractivity contribution in [1.82, 2.24) is 0 Å². The lowest BCUT2D eigenvalue weighted by molar-refractivity contribution is 0.0994. The number of thiophene rings is 1. The van der Waals surface area contributed by atoms with Crippen LogP contribution in [0.4, 0.5) is 5.69 Å². The highest BCUT2D eigenvalue weighted by Crippen LogP contribution is 2.18. The van der Waals surface area contributed by atoms with E-state index in [1.807, 2.05) is 36.6 Å². The molecule has 3 heteroatoms. The third-order valence-corrected chi connectivity index (χ3v) is 3.30. The van der Waals surface area contributed by atoms with Crippen LogP contribution in [-0.2, 0) is 6.42 Å². The molecule has 2 nitrogen and oxygen atoms in total. The predicted molar refractivity (Wildman–Crippen MR) is 67.9 cm³/mol. The minimum Gasteiger partial charge on any atom is -0.398 e. The van der Waals surface area contributed by atoms with Gasteiger partial charge in [-0.05, 0) is 30.5 Å². The molecule has 0 bridgehead atoms. The molecule has 2 rings (SSSR count). The van der Waals surface area contributed by atoms with Crippen LogP contribution in [0, 0.1) is 6.92 Å². The normalized spacial score (nSPS) is 10.3. The highest BCUT2D eigenvalue weighted by Gasteiger charge is 2.11. The molecule has 0 saturated heterocycles. The van der Waals surface area contributed by atoms with Crippen molar-refractivity contribution in [3.63, 3.8) is 0 Å². The van der Waals surface area contributed by atoms with Crippen LogP contribution < -0.4 is 5.73 Å². The summed E-state index contributed by atoms with van der Waals surface area (Å²) >= 11 is 1.59. The molecule has 0 atom stereocenters. The van der Waals surface area contributed by atoms with Crippen molar-refractivity contribution in [3.05, 3.63) is 51.7 Å². The van der Waals surface area contributed by atoms with Crippen LogP contribution in [-0.4, -0.2) is 5.78 Å². The van der Waals surface area contributed by atoms with E-state index in [1.165, 1.54) is 0 Å². The number of aryl methyl sites for hydroxylation is 1. The Morgan fingerprint density at radius 2 is 2.19 bits per heavy atom. The predicted octanol–water partition coefficient (Wildman–Crippen LogP) is 3.06. The van der Waals surface area contributed by atoms with E-state index in [4.69, 9.17) is 5.73 Å². The van der Waals surface area contributed by atoms with E-state index in [0.29, 0.717) is 17.7 Å². The first-order chi connectivity index (χ1) is 7.66. The number of carbonyl (C=O) groups excluding carboxylic acids is 1. The number of anilines is 1. The average molecular weight is 231 g/mol. The van der Waals surface area contributed by atoms with Gasteiger partial charge in [0.25, 0.3) is 0 Å². The molecule has 1 heterocycles. The van der Waals surface area contributed by atoms with E-state index in [-0.39, 0.29) is 5.78 Å². The number of nitrogen functional groups attached to an aromatic ring is 1. The zero-order valence-corrected chi connectivity index (χ0v) is 9.88. The minimum atomic E-state index is 0.0867. The second-order valence-electron chi connectivity index (χ2n) is 3.77. The number of Topliss-reactive ketones (excluding diaryl/α,β-unsaturated/α-hetero) is 1. The van der Waals surface area contributed by atoms with Gasteiger partial charge in [0.05, 0.1) is 0 Å². The van der Waals surface area contributed by atoms with Gasteiger partial charge in [0.2, 0.25) is 0 Å². The van der Waals surface area contributed by atoms with Crippen LogP contribution in [0.2, 0.25) is 0 Å². The van der Waals surface area contributed by atoms with E-state index < -0.39 is 0 Å². The first-order valence-electron chi connectivity index (χ1n) is 5.08. The fourth-order valence-corrected chi connectivity index (χ4v) is 2.28. The van der Waals surface area contributed by atoms with Crippen molar-refractivity contribution < 1.29 is 4.79 Å². The Hall–Kier alpha value is -1.61. The Balaban J connectivity index is 2.24. The van der Waals surface area contributed by atoms with Gasteiger partial charge in [-0.25, -0.2) is 0 Å². The largest absolute Gasteiger partial charge is 0.398 e. The summed E-state index contributed by atoms with van der Waals surface area (Å²) < 4.78 is 0. The van der Waals surface area contributed by atoms with Gasteiger partial charge in [0.1, 0.15) is 0 Å². The molecular weight excluding hydrogens is 218 g/mol. The van der Waals surface area contributed by atoms with Gasteiger partial charge in [0, 0.05) is 22.5 Å². The third-order valence-electron chi connectivity index (χ3n) is 2.42. The van der Waals surface area contributed by atoms with Gasteiger partial charge in [-0.15, -0.1) is 11.3 Å². The lowest BCUT2D eigenvalue weighted by atomic mass is 10.0. The first-order valence-corrected chi connectivity index (χ1v) is 5.96. The monoisotopic (exact) mass is 231 g/mol. The Kier molecular flexibility index (Phi) is 3.06. The maximum atomic E-state index is 12.0. The zero-order valence-electron chi connectivity index (χ0n) is 9.07. The number of benzene rings is 1. The number of hydrogen-bond donors (Lipinski definition) is 1. The smallest absolute Gasteiger partial charge is 0.170 e. The van der Waals surface area contributed by atoms with E-state index in [1.54, 1.807) is 17.4 Å². The van der Waals surface area contributed by atoms with Crippen molar-refractivity contribution in [1.29, 1.82) is 0 Å². The van der Waals surface area contributed by atoms with Crippen molar-refractivity contribution in [2.75, 3.05) is 5.73 Å². The Labute approximate surface area is 98.7 Å². The standard InChI is InChI=1S/C13H13NOS/c1-9-4-5-12(14)11(7-9)13(15)8-10-3-2-6-16-10/h2-7H,8,14H2,1H3. The van der Waals surface area contributed by atoms with Crippen LogP contribution in [0.15, 0.2) is 35.7 Å². The minimum absolute atomic E-state index is 0.0867. The maximum absolute atomic E-state index is 12.0. The number of carbonyl (C=O) groups is 1. The summed E-state index contributed by atoms with van der Waals surface area (Å²) in [5.74, 6) is 0.0867.